The predicted octanol–water partition coefficient (Wildman–Crippen LogP) is 6.13. The van der Waals surface area contributed by atoms with Crippen LogP contribution in [-0.4, -0.2) is 30.7 Å². The number of rotatable bonds is 9. The van der Waals surface area contributed by atoms with E-state index in [0.29, 0.717) is 34.0 Å². The summed E-state index contributed by atoms with van der Waals surface area (Å²) < 4.78 is 32.0. The van der Waals surface area contributed by atoms with Gasteiger partial charge in [0.2, 0.25) is 21.7 Å². The molecule has 2 N–H and O–H groups in total. The number of carbonyl (C=O) groups excluding carboxylic acids is 2. The van der Waals surface area contributed by atoms with Crippen LogP contribution in [0.25, 0.3) is 5.57 Å². The van der Waals surface area contributed by atoms with Gasteiger partial charge in [0.05, 0.1) is 23.9 Å². The van der Waals surface area contributed by atoms with Crippen LogP contribution in [0.4, 0.5) is 0 Å². The van der Waals surface area contributed by atoms with Gasteiger partial charge in [-0.25, -0.2) is 12.7 Å². The molecule has 212 valence electrons. The third-order valence-corrected chi connectivity index (χ3v) is 9.10. The molecule has 1 unspecified atom stereocenters. The molecule has 1 aliphatic heterocycles. The average Bonchev–Trinajstić information content (AvgIpc) is 3.16. The fourth-order valence-corrected chi connectivity index (χ4v) is 5.95. The number of nitrogens with two attached hydrogens (primary N) is 1. The predicted molar refractivity (Wildman–Crippen MR) is 158 cm³/mol. The zero-order valence-electron chi connectivity index (χ0n) is 23.5. The number of ketones is 1. The normalized spacial score (nSPS) is 19.4. The van der Waals surface area contributed by atoms with Crippen LogP contribution in [0.2, 0.25) is 5.02 Å². The summed E-state index contributed by atoms with van der Waals surface area (Å²) in [6, 6.07) is 12.5. The molecular weight excluding hydrogens is 548 g/mol. The maximum Gasteiger partial charge on any atom is 0.236 e. The maximum absolute atomic E-state index is 13.4. The van der Waals surface area contributed by atoms with E-state index in [9.17, 15) is 18.0 Å². The summed E-state index contributed by atoms with van der Waals surface area (Å²) in [5, 5.41) is 0.544. The second kappa shape index (κ2) is 11.3. The van der Waals surface area contributed by atoms with Crippen molar-refractivity contribution >= 4 is 38.9 Å². The average molecular weight is 583 g/mol. The van der Waals surface area contributed by atoms with Crippen LogP contribution in [0.5, 0.6) is 0 Å². The van der Waals surface area contributed by atoms with Crippen LogP contribution in [0.1, 0.15) is 67.1 Å². The molecule has 1 amide bonds. The quantitative estimate of drug-likeness (QED) is 0.356. The van der Waals surface area contributed by atoms with Crippen LogP contribution in [0.15, 0.2) is 71.8 Å². The molecule has 0 spiro atoms. The molecule has 0 saturated heterocycles. The molecule has 1 heterocycles. The lowest BCUT2D eigenvalue weighted by molar-refractivity contribution is -0.127. The molecule has 1 aliphatic carbocycles. The van der Waals surface area contributed by atoms with Crippen LogP contribution in [-0.2, 0) is 26.1 Å². The Balaban J connectivity index is 1.58. The van der Waals surface area contributed by atoms with E-state index in [-0.39, 0.29) is 30.4 Å². The minimum Gasteiger partial charge on any atom is -0.455 e. The summed E-state index contributed by atoms with van der Waals surface area (Å²) in [6.07, 6.45) is 6.42. The van der Waals surface area contributed by atoms with Gasteiger partial charge in [-0.05, 0) is 78.8 Å². The topological polar surface area (TPSA) is 107 Å². The van der Waals surface area contributed by atoms with Crippen LogP contribution < -0.4 is 5.73 Å². The van der Waals surface area contributed by atoms with Crippen molar-refractivity contribution in [2.45, 2.75) is 53.5 Å². The van der Waals surface area contributed by atoms with E-state index >= 15 is 0 Å². The third kappa shape index (κ3) is 5.88. The van der Waals surface area contributed by atoms with E-state index < -0.39 is 21.3 Å². The van der Waals surface area contributed by atoms with Gasteiger partial charge in [-0.1, -0.05) is 56.1 Å². The van der Waals surface area contributed by atoms with Gasteiger partial charge in [0.15, 0.2) is 5.76 Å². The van der Waals surface area contributed by atoms with Crippen molar-refractivity contribution in [3.63, 3.8) is 0 Å². The monoisotopic (exact) mass is 582 g/mol. The van der Waals surface area contributed by atoms with Crippen molar-refractivity contribution in [2.75, 3.05) is 6.26 Å². The molecule has 2 aromatic rings. The molecule has 0 bridgehead atoms. The van der Waals surface area contributed by atoms with Crippen molar-refractivity contribution in [1.29, 1.82) is 0 Å². The smallest absolute Gasteiger partial charge is 0.236 e. The number of nitrogens with zero attached hydrogens (tertiary/aromatic N) is 1. The standard InChI is InChI=1S/C31H35ClN2O5S/c1-6-19(2)14-27(35)34(40(5,37)38)18-21-8-7-9-22(16-21)23-12-13-31(4)26(17-23)39-29(30(31)33)28(36)25-11-10-24(32)15-20(25)3/h7-12,15-17,19H,6,13-14,18,33H2,1-5H3/t19-,31?/m0/s1. The van der Waals surface area contributed by atoms with E-state index in [1.165, 1.54) is 0 Å². The highest BCUT2D eigenvalue weighted by atomic mass is 35.5. The number of aryl methyl sites for hydroxylation is 1. The van der Waals surface area contributed by atoms with E-state index in [4.69, 9.17) is 22.1 Å². The molecule has 40 heavy (non-hydrogen) atoms. The molecule has 0 fully saturated rings. The molecule has 4 rings (SSSR count). The number of carbonyl (C=O) groups is 2. The van der Waals surface area contributed by atoms with Crippen LogP contribution in [0.3, 0.4) is 0 Å². The maximum atomic E-state index is 13.4. The first-order valence-electron chi connectivity index (χ1n) is 13.3. The minimum atomic E-state index is -3.74. The molecule has 0 saturated carbocycles. The van der Waals surface area contributed by atoms with Gasteiger partial charge in [0.1, 0.15) is 5.76 Å². The van der Waals surface area contributed by atoms with Crippen molar-refractivity contribution in [3.8, 4) is 0 Å². The Kier molecular flexibility index (Phi) is 8.33. The van der Waals surface area contributed by atoms with Gasteiger partial charge < -0.3 is 10.5 Å². The van der Waals surface area contributed by atoms with Gasteiger partial charge in [-0.15, -0.1) is 0 Å². The Bertz CT molecular complexity index is 1570. The number of Topliss-reactive ketones (excluding diaryl/α,β-unsaturated/α-hetero) is 1. The van der Waals surface area contributed by atoms with Crippen molar-refractivity contribution in [3.05, 3.63) is 99.1 Å². The molecule has 7 nitrogen and oxygen atoms in total. The Morgan fingerprint density at radius 1 is 1.20 bits per heavy atom. The number of fused-ring (bicyclic) bond motifs is 1. The Morgan fingerprint density at radius 3 is 2.58 bits per heavy atom. The fourth-order valence-electron chi connectivity index (χ4n) is 4.90. The van der Waals surface area contributed by atoms with E-state index in [1.54, 1.807) is 24.3 Å². The first-order valence-corrected chi connectivity index (χ1v) is 15.5. The van der Waals surface area contributed by atoms with E-state index in [1.807, 2.05) is 58.0 Å². The highest BCUT2D eigenvalue weighted by Crippen LogP contribution is 2.50. The van der Waals surface area contributed by atoms with Gasteiger partial charge in [0.25, 0.3) is 0 Å². The number of hydrogen-bond acceptors (Lipinski definition) is 6. The van der Waals surface area contributed by atoms with Crippen molar-refractivity contribution in [2.24, 2.45) is 17.1 Å². The largest absolute Gasteiger partial charge is 0.455 e. The second-order valence-corrected chi connectivity index (χ2v) is 13.3. The number of ether oxygens (including phenoxy) is 1. The van der Waals surface area contributed by atoms with E-state index in [2.05, 4.69) is 0 Å². The summed E-state index contributed by atoms with van der Waals surface area (Å²) in [5.74, 6) is 0.0699. The summed E-state index contributed by atoms with van der Waals surface area (Å²) >= 11 is 6.06. The molecule has 0 aromatic heterocycles. The number of allylic oxidation sites excluding steroid dienone is 4. The van der Waals surface area contributed by atoms with Gasteiger partial charge in [0, 0.05) is 17.0 Å². The lowest BCUT2D eigenvalue weighted by Crippen LogP contribution is -2.36. The van der Waals surface area contributed by atoms with Crippen LogP contribution in [0, 0.1) is 18.3 Å². The number of sulfonamides is 1. The molecule has 2 aromatic carbocycles. The van der Waals surface area contributed by atoms with Gasteiger partial charge in [-0.3, -0.25) is 9.59 Å². The highest BCUT2D eigenvalue weighted by molar-refractivity contribution is 7.88. The molecule has 2 aliphatic rings. The lowest BCUT2D eigenvalue weighted by Gasteiger charge is -2.28. The zero-order valence-corrected chi connectivity index (χ0v) is 25.0. The fraction of sp³-hybridized carbons (Fsp3) is 0.355. The Labute approximate surface area is 241 Å². The Hall–Kier alpha value is -3.36. The molecular formula is C31H35ClN2O5S. The van der Waals surface area contributed by atoms with Gasteiger partial charge >= 0.3 is 0 Å². The van der Waals surface area contributed by atoms with Crippen molar-refractivity contribution in [1.82, 2.24) is 4.31 Å². The summed E-state index contributed by atoms with van der Waals surface area (Å²) in [7, 11) is -3.74. The van der Waals surface area contributed by atoms with Gasteiger partial charge in [-0.2, -0.15) is 0 Å². The first-order chi connectivity index (χ1) is 18.7. The lowest BCUT2D eigenvalue weighted by atomic mass is 9.77. The summed E-state index contributed by atoms with van der Waals surface area (Å²) in [5.41, 5.74) is 9.81. The zero-order chi connectivity index (χ0) is 29.4. The Morgan fingerprint density at radius 2 is 1.93 bits per heavy atom. The SMILES string of the molecule is CC[C@H](C)CC(=O)N(Cc1cccc(C2=CCC3(C)C(=C2)OC(C(=O)c2ccc(Cl)cc2C)=C3N)c1)S(C)(=O)=O. The molecule has 2 atom stereocenters. The summed E-state index contributed by atoms with van der Waals surface area (Å²) in [4.78, 5) is 26.2. The molecule has 9 heteroatoms. The second-order valence-electron chi connectivity index (χ2n) is 10.9. The van der Waals surface area contributed by atoms with E-state index in [0.717, 1.165) is 33.7 Å². The number of amides is 1. The van der Waals surface area contributed by atoms with Crippen LogP contribution >= 0.6 is 11.6 Å². The third-order valence-electron chi connectivity index (χ3n) is 7.74. The number of benzene rings is 2. The minimum absolute atomic E-state index is 0.0480. The number of hydrogen-bond donors (Lipinski definition) is 1. The first kappa shape index (κ1) is 29.6. The number of halogens is 1. The van der Waals surface area contributed by atoms with Crippen molar-refractivity contribution < 1.29 is 22.7 Å². The highest BCUT2D eigenvalue weighted by Gasteiger charge is 2.45. The summed E-state index contributed by atoms with van der Waals surface area (Å²) in [6.45, 7) is 7.61. The molecule has 0 radical (unpaired) electrons.